The Labute approximate surface area is 156 Å². The second-order valence-corrected chi connectivity index (χ2v) is 7.48. The molecule has 1 aromatic carbocycles. The number of alkyl halides is 1. The minimum atomic E-state index is -0.982. The van der Waals surface area contributed by atoms with Crippen molar-refractivity contribution in [2.24, 2.45) is 0 Å². The Hall–Kier alpha value is -2.25. The summed E-state index contributed by atoms with van der Waals surface area (Å²) < 4.78 is 28.4. The van der Waals surface area contributed by atoms with Crippen molar-refractivity contribution in [1.29, 1.82) is 0 Å². The second-order valence-electron chi connectivity index (χ2n) is 6.16. The number of nitrogens with zero attached hydrogens (tertiary/aromatic N) is 2. The number of benzene rings is 1. The topological polar surface area (TPSA) is 42.3 Å². The first-order valence-electron chi connectivity index (χ1n) is 7.92. The predicted molar refractivity (Wildman–Crippen MR) is 98.0 cm³/mol. The lowest BCUT2D eigenvalue weighted by atomic mass is 10.1. The summed E-state index contributed by atoms with van der Waals surface area (Å²) >= 11 is 7.24. The van der Waals surface area contributed by atoms with Gasteiger partial charge in [-0.1, -0.05) is 17.7 Å². The minimum absolute atomic E-state index is 0.0214. The van der Waals surface area contributed by atoms with Crippen molar-refractivity contribution >= 4 is 38.9 Å². The van der Waals surface area contributed by atoms with Crippen molar-refractivity contribution in [3.8, 4) is 11.1 Å². The molecule has 4 rings (SSSR count). The van der Waals surface area contributed by atoms with E-state index in [1.807, 2.05) is 5.38 Å². The van der Waals surface area contributed by atoms with Crippen LogP contribution in [0.2, 0.25) is 5.02 Å². The summed E-state index contributed by atoms with van der Waals surface area (Å²) in [6, 6.07) is 6.05. The smallest absolute Gasteiger partial charge is 0.260 e. The maximum absolute atomic E-state index is 13.4. The van der Waals surface area contributed by atoms with Gasteiger partial charge in [-0.15, -0.1) is 11.3 Å². The van der Waals surface area contributed by atoms with E-state index in [9.17, 15) is 18.4 Å². The Kier molecular flexibility index (Phi) is 4.28. The Morgan fingerprint density at radius 1 is 1.31 bits per heavy atom. The number of carbonyl (C=O) groups excluding carboxylic acids is 1. The van der Waals surface area contributed by atoms with E-state index in [1.165, 1.54) is 32.9 Å². The standard InChI is InChI=1S/C18H13ClF2N2O2S/c19-13-5-10(1-2-14(13)21)12-9-26-15-3-4-22(18(25)17(12)15)8-16(24)23-6-11(20)7-23/h1-5,9,11H,6-8H2. The Morgan fingerprint density at radius 3 is 2.77 bits per heavy atom. The molecule has 4 nitrogen and oxygen atoms in total. The zero-order valence-corrected chi connectivity index (χ0v) is 15.0. The molecular weight excluding hydrogens is 382 g/mol. The van der Waals surface area contributed by atoms with Crippen molar-refractivity contribution in [1.82, 2.24) is 9.47 Å². The van der Waals surface area contributed by atoms with Crippen LogP contribution in [-0.2, 0) is 11.3 Å². The number of hydrogen-bond donors (Lipinski definition) is 0. The molecule has 1 saturated heterocycles. The fourth-order valence-corrected chi connectivity index (χ4v) is 4.09. The molecule has 26 heavy (non-hydrogen) atoms. The quantitative estimate of drug-likeness (QED) is 0.679. The maximum atomic E-state index is 13.4. The third-order valence-electron chi connectivity index (χ3n) is 4.43. The molecule has 0 atom stereocenters. The maximum Gasteiger partial charge on any atom is 0.260 e. The van der Waals surface area contributed by atoms with Gasteiger partial charge < -0.3 is 9.47 Å². The molecule has 0 aliphatic carbocycles. The van der Waals surface area contributed by atoms with E-state index in [2.05, 4.69) is 0 Å². The average molecular weight is 395 g/mol. The summed E-state index contributed by atoms with van der Waals surface area (Å²) in [6.07, 6.45) is 0.581. The Bertz CT molecular complexity index is 1070. The van der Waals surface area contributed by atoms with Gasteiger partial charge in [-0.25, -0.2) is 8.78 Å². The molecule has 134 valence electrons. The van der Waals surface area contributed by atoms with Gasteiger partial charge in [0.2, 0.25) is 5.91 Å². The molecule has 0 N–H and O–H groups in total. The highest BCUT2D eigenvalue weighted by Gasteiger charge is 2.30. The average Bonchev–Trinajstić information content (AvgIpc) is 3.02. The van der Waals surface area contributed by atoms with Crippen molar-refractivity contribution < 1.29 is 13.6 Å². The number of likely N-dealkylation sites (tertiary alicyclic amines) is 1. The van der Waals surface area contributed by atoms with E-state index in [1.54, 1.807) is 18.3 Å². The number of hydrogen-bond acceptors (Lipinski definition) is 3. The number of thiophene rings is 1. The lowest BCUT2D eigenvalue weighted by molar-refractivity contribution is -0.138. The SMILES string of the molecule is O=C(Cn1ccc2scc(-c3ccc(F)c(Cl)c3)c2c1=O)N1CC(F)C1. The van der Waals surface area contributed by atoms with Gasteiger partial charge in [0.1, 0.15) is 18.5 Å². The highest BCUT2D eigenvalue weighted by Crippen LogP contribution is 2.33. The second kappa shape index (κ2) is 6.48. The van der Waals surface area contributed by atoms with Crippen LogP contribution in [0.3, 0.4) is 0 Å². The number of aromatic nitrogens is 1. The van der Waals surface area contributed by atoms with Gasteiger partial charge in [-0.2, -0.15) is 0 Å². The van der Waals surface area contributed by atoms with Crippen molar-refractivity contribution in [2.75, 3.05) is 13.1 Å². The van der Waals surface area contributed by atoms with Crippen LogP contribution >= 0.6 is 22.9 Å². The Morgan fingerprint density at radius 2 is 2.08 bits per heavy atom. The van der Waals surface area contributed by atoms with Crippen molar-refractivity contribution in [3.05, 3.63) is 57.0 Å². The van der Waals surface area contributed by atoms with Crippen LogP contribution in [0.15, 0.2) is 40.6 Å². The van der Waals surface area contributed by atoms with Crippen LogP contribution < -0.4 is 5.56 Å². The number of amides is 1. The summed E-state index contributed by atoms with van der Waals surface area (Å²) in [5.74, 6) is -0.819. The molecular formula is C18H13ClF2N2O2S. The zero-order valence-electron chi connectivity index (χ0n) is 13.4. The molecule has 1 aliphatic heterocycles. The van der Waals surface area contributed by atoms with E-state index in [4.69, 9.17) is 11.6 Å². The van der Waals surface area contributed by atoms with Crippen LogP contribution in [-0.4, -0.2) is 34.6 Å². The molecule has 0 radical (unpaired) electrons. The first kappa shape index (κ1) is 17.2. The third kappa shape index (κ3) is 2.91. The number of fused-ring (bicyclic) bond motifs is 1. The van der Waals surface area contributed by atoms with E-state index in [0.29, 0.717) is 16.5 Å². The van der Waals surface area contributed by atoms with Crippen LogP contribution in [0.4, 0.5) is 8.78 Å². The van der Waals surface area contributed by atoms with Gasteiger partial charge in [0, 0.05) is 21.8 Å². The normalized spacial score (nSPS) is 14.7. The number of pyridine rings is 1. The van der Waals surface area contributed by atoms with Crippen LogP contribution in [0, 0.1) is 5.82 Å². The lowest BCUT2D eigenvalue weighted by Crippen LogP contribution is -2.52. The van der Waals surface area contributed by atoms with Gasteiger partial charge in [0.25, 0.3) is 5.56 Å². The zero-order chi connectivity index (χ0) is 18.4. The Balaban J connectivity index is 1.73. The van der Waals surface area contributed by atoms with Crippen molar-refractivity contribution in [2.45, 2.75) is 12.7 Å². The van der Waals surface area contributed by atoms with E-state index in [0.717, 1.165) is 4.70 Å². The molecule has 8 heteroatoms. The number of halogens is 3. The molecule has 0 bridgehead atoms. The highest BCUT2D eigenvalue weighted by molar-refractivity contribution is 7.17. The summed E-state index contributed by atoms with van der Waals surface area (Å²) in [7, 11) is 0. The molecule has 1 amide bonds. The molecule has 0 unspecified atom stereocenters. The highest BCUT2D eigenvalue weighted by atomic mass is 35.5. The number of carbonyl (C=O) groups is 1. The van der Waals surface area contributed by atoms with Crippen LogP contribution in [0.25, 0.3) is 21.2 Å². The van der Waals surface area contributed by atoms with E-state index < -0.39 is 12.0 Å². The van der Waals surface area contributed by atoms with Crippen LogP contribution in [0.5, 0.6) is 0 Å². The van der Waals surface area contributed by atoms with Crippen molar-refractivity contribution in [3.63, 3.8) is 0 Å². The summed E-state index contributed by atoms with van der Waals surface area (Å²) in [5.41, 5.74) is 0.961. The van der Waals surface area contributed by atoms with Gasteiger partial charge >= 0.3 is 0 Å². The van der Waals surface area contributed by atoms with E-state index >= 15 is 0 Å². The van der Waals surface area contributed by atoms with Crippen LogP contribution in [0.1, 0.15) is 0 Å². The summed E-state index contributed by atoms with van der Waals surface area (Å²) in [5, 5.41) is 2.25. The lowest BCUT2D eigenvalue weighted by Gasteiger charge is -2.34. The fraction of sp³-hybridized carbons (Fsp3) is 0.222. The summed E-state index contributed by atoms with van der Waals surface area (Å²) in [6.45, 7) is 0.0160. The van der Waals surface area contributed by atoms with E-state index in [-0.39, 0.29) is 36.1 Å². The van der Waals surface area contributed by atoms with Gasteiger partial charge in [0.05, 0.1) is 23.5 Å². The first-order chi connectivity index (χ1) is 12.4. The monoisotopic (exact) mass is 394 g/mol. The molecule has 2 aromatic heterocycles. The fourth-order valence-electron chi connectivity index (χ4n) is 2.96. The molecule has 1 aliphatic rings. The number of rotatable bonds is 3. The van der Waals surface area contributed by atoms with Gasteiger partial charge in [-0.05, 0) is 23.8 Å². The molecule has 0 spiro atoms. The largest absolute Gasteiger partial charge is 0.335 e. The first-order valence-corrected chi connectivity index (χ1v) is 9.17. The molecule has 0 saturated carbocycles. The van der Waals surface area contributed by atoms with Gasteiger partial charge in [0.15, 0.2) is 0 Å². The summed E-state index contributed by atoms with van der Waals surface area (Å²) in [4.78, 5) is 26.4. The van der Waals surface area contributed by atoms with Gasteiger partial charge in [-0.3, -0.25) is 9.59 Å². The molecule has 1 fully saturated rings. The third-order valence-corrected chi connectivity index (χ3v) is 5.66. The molecule has 3 aromatic rings. The molecule has 3 heterocycles. The minimum Gasteiger partial charge on any atom is -0.335 e. The predicted octanol–water partition coefficient (Wildman–Crippen LogP) is 3.70.